The number of carbonyl (C=O) groups is 1. The van der Waals surface area contributed by atoms with Crippen LogP contribution < -0.4 is 0 Å². The molecule has 0 aromatic rings. The molecule has 0 spiro atoms. The van der Waals surface area contributed by atoms with E-state index in [-0.39, 0.29) is 18.7 Å². The number of hydrogen-bond donors (Lipinski definition) is 0. The van der Waals surface area contributed by atoms with Crippen LogP contribution in [0.5, 0.6) is 0 Å². The van der Waals surface area contributed by atoms with Crippen LogP contribution in [0.1, 0.15) is 13.3 Å². The Morgan fingerprint density at radius 3 is 3.25 bits per heavy atom. The third-order valence-corrected chi connectivity index (χ3v) is 2.31. The van der Waals surface area contributed by atoms with E-state index in [4.69, 9.17) is 4.84 Å². The van der Waals surface area contributed by atoms with Crippen molar-refractivity contribution in [2.24, 2.45) is 10.3 Å². The zero-order valence-corrected chi connectivity index (χ0v) is 8.94. The molecular weight excluding hydrogens is 210 g/mol. The Hall–Kier alpha value is -1.85. The van der Waals surface area contributed by atoms with E-state index in [0.717, 1.165) is 6.42 Å². The minimum absolute atomic E-state index is 0.0653. The molecule has 0 radical (unpaired) electrons. The Kier molecular flexibility index (Phi) is 3.19. The van der Waals surface area contributed by atoms with Crippen molar-refractivity contribution in [3.8, 4) is 0 Å². The zero-order chi connectivity index (χ0) is 11.4. The van der Waals surface area contributed by atoms with Crippen molar-refractivity contribution >= 4 is 6.16 Å². The van der Waals surface area contributed by atoms with Gasteiger partial charge in [-0.1, -0.05) is 29.5 Å². The summed E-state index contributed by atoms with van der Waals surface area (Å²) in [4.78, 5) is 16.1. The Bertz CT molecular complexity index is 351. The summed E-state index contributed by atoms with van der Waals surface area (Å²) in [5.74, 6) is 0. The van der Waals surface area contributed by atoms with Gasteiger partial charge in [0.05, 0.1) is 6.61 Å². The largest absolute Gasteiger partial charge is 0.534 e. The molecule has 0 bridgehead atoms. The fourth-order valence-electron chi connectivity index (χ4n) is 1.56. The molecule has 2 aliphatic rings. The Balaban J connectivity index is 1.97. The van der Waals surface area contributed by atoms with Crippen molar-refractivity contribution in [3.05, 3.63) is 24.3 Å². The summed E-state index contributed by atoms with van der Waals surface area (Å²) >= 11 is 0. The monoisotopic (exact) mass is 223 g/mol. The van der Waals surface area contributed by atoms with E-state index in [9.17, 15) is 4.79 Å². The number of carbonyl (C=O) groups excluding carboxylic acids is 1. The van der Waals surface area contributed by atoms with Crippen molar-refractivity contribution in [2.75, 3.05) is 6.61 Å². The van der Waals surface area contributed by atoms with E-state index in [2.05, 4.69) is 15.1 Å². The van der Waals surface area contributed by atoms with Crippen LogP contribution in [0.4, 0.5) is 4.79 Å². The number of allylic oxidation sites excluding steroid dienone is 2. The molecule has 1 aliphatic carbocycles. The molecule has 6 nitrogen and oxygen atoms in total. The van der Waals surface area contributed by atoms with Gasteiger partial charge in [0.2, 0.25) is 0 Å². The summed E-state index contributed by atoms with van der Waals surface area (Å²) in [5, 5.41) is 9.01. The summed E-state index contributed by atoms with van der Waals surface area (Å²) in [6, 6.07) is -0.135. The highest BCUT2D eigenvalue weighted by Crippen LogP contribution is 2.24. The second kappa shape index (κ2) is 4.78. The maximum Gasteiger partial charge on any atom is 0.534 e. The van der Waals surface area contributed by atoms with Crippen LogP contribution in [0.25, 0.3) is 0 Å². The number of nitrogens with zero attached hydrogens (tertiary/aromatic N) is 3. The van der Waals surface area contributed by atoms with E-state index < -0.39 is 6.16 Å². The van der Waals surface area contributed by atoms with Gasteiger partial charge >= 0.3 is 6.16 Å². The number of rotatable bonds is 2. The summed E-state index contributed by atoms with van der Waals surface area (Å²) in [5.41, 5.74) is 0. The molecule has 0 saturated carbocycles. The van der Waals surface area contributed by atoms with Gasteiger partial charge in [0.1, 0.15) is 12.1 Å². The van der Waals surface area contributed by atoms with Crippen LogP contribution in [0, 0.1) is 0 Å². The van der Waals surface area contributed by atoms with E-state index >= 15 is 0 Å². The highest BCUT2D eigenvalue weighted by Gasteiger charge is 2.34. The first kappa shape index (κ1) is 10.7. The van der Waals surface area contributed by atoms with Crippen molar-refractivity contribution in [1.82, 2.24) is 5.17 Å². The van der Waals surface area contributed by atoms with Gasteiger partial charge in [0.15, 0.2) is 0 Å². The molecule has 1 heterocycles. The third kappa shape index (κ3) is 2.21. The number of hydrogen-bond acceptors (Lipinski definition) is 6. The minimum atomic E-state index is -0.751. The topological polar surface area (TPSA) is 63.5 Å². The van der Waals surface area contributed by atoms with Crippen LogP contribution in [0.3, 0.4) is 0 Å². The molecule has 16 heavy (non-hydrogen) atoms. The Morgan fingerprint density at radius 1 is 1.56 bits per heavy atom. The van der Waals surface area contributed by atoms with Crippen LogP contribution in [0.15, 0.2) is 34.6 Å². The van der Waals surface area contributed by atoms with Crippen LogP contribution in [-0.4, -0.2) is 30.0 Å². The summed E-state index contributed by atoms with van der Waals surface area (Å²) in [7, 11) is 0. The summed E-state index contributed by atoms with van der Waals surface area (Å²) in [6.07, 6.45) is 7.74. The van der Waals surface area contributed by atoms with Crippen molar-refractivity contribution in [3.63, 3.8) is 0 Å². The van der Waals surface area contributed by atoms with Crippen molar-refractivity contribution < 1.29 is 14.4 Å². The highest BCUT2D eigenvalue weighted by molar-refractivity contribution is 5.59. The third-order valence-electron chi connectivity index (χ3n) is 2.31. The van der Waals surface area contributed by atoms with Crippen LogP contribution >= 0.6 is 0 Å². The maximum atomic E-state index is 11.1. The molecule has 0 saturated heterocycles. The fraction of sp³-hybridized carbons (Fsp3) is 0.500. The Labute approximate surface area is 93.2 Å². The standard InChI is InChI=1S/C10H13N3O3/c1-2-15-10(14)16-13-9-7-5-3-4-6-8(9)11-12-13/h3-6,8-9H,2,7H2,1H3. The number of ether oxygens (including phenoxy) is 1. The van der Waals surface area contributed by atoms with Crippen molar-refractivity contribution in [1.29, 1.82) is 0 Å². The predicted molar refractivity (Wildman–Crippen MR) is 55.3 cm³/mol. The number of hydroxylamine groups is 1. The van der Waals surface area contributed by atoms with Gasteiger partial charge < -0.3 is 4.74 Å². The second-order valence-electron chi connectivity index (χ2n) is 3.39. The van der Waals surface area contributed by atoms with E-state index in [1.54, 1.807) is 6.92 Å². The molecule has 0 fully saturated rings. The quantitative estimate of drug-likeness (QED) is 0.672. The van der Waals surface area contributed by atoms with Gasteiger partial charge in [-0.2, -0.15) is 5.11 Å². The maximum absolute atomic E-state index is 11.1. The lowest BCUT2D eigenvalue weighted by molar-refractivity contribution is -0.145. The molecule has 1 aliphatic heterocycles. The first-order chi connectivity index (χ1) is 7.81. The number of fused-ring (bicyclic) bond motifs is 1. The zero-order valence-electron chi connectivity index (χ0n) is 8.94. The molecule has 86 valence electrons. The van der Waals surface area contributed by atoms with Gasteiger partial charge in [-0.05, 0) is 18.6 Å². The van der Waals surface area contributed by atoms with Gasteiger partial charge in [0, 0.05) is 0 Å². The molecular formula is C10H13N3O3. The lowest BCUT2D eigenvalue weighted by Gasteiger charge is -2.20. The highest BCUT2D eigenvalue weighted by atomic mass is 16.8. The normalized spacial score (nSPS) is 26.4. The average molecular weight is 223 g/mol. The fourth-order valence-corrected chi connectivity index (χ4v) is 1.56. The second-order valence-corrected chi connectivity index (χ2v) is 3.39. The minimum Gasteiger partial charge on any atom is -0.433 e. The van der Waals surface area contributed by atoms with E-state index in [0.29, 0.717) is 0 Å². The van der Waals surface area contributed by atoms with E-state index in [1.165, 1.54) is 5.17 Å². The molecule has 2 atom stereocenters. The first-order valence-electron chi connectivity index (χ1n) is 5.19. The van der Waals surface area contributed by atoms with Gasteiger partial charge in [-0.15, -0.1) is 0 Å². The van der Waals surface area contributed by atoms with Gasteiger partial charge in [0.25, 0.3) is 0 Å². The van der Waals surface area contributed by atoms with E-state index in [1.807, 2.05) is 24.3 Å². The van der Waals surface area contributed by atoms with Crippen LogP contribution in [0.2, 0.25) is 0 Å². The van der Waals surface area contributed by atoms with Crippen LogP contribution in [-0.2, 0) is 9.57 Å². The molecule has 0 aromatic carbocycles. The molecule has 2 rings (SSSR count). The SMILES string of the molecule is CCOC(=O)ON1N=NC2C=CC=CCC21. The molecule has 0 aromatic heterocycles. The van der Waals surface area contributed by atoms with Gasteiger partial charge in [-0.3, -0.25) is 4.84 Å². The smallest absolute Gasteiger partial charge is 0.433 e. The van der Waals surface area contributed by atoms with Gasteiger partial charge in [-0.25, -0.2) is 4.79 Å². The molecule has 0 N–H and O–H groups in total. The molecule has 6 heteroatoms. The first-order valence-corrected chi connectivity index (χ1v) is 5.19. The lowest BCUT2D eigenvalue weighted by Crippen LogP contribution is -2.35. The summed E-state index contributed by atoms with van der Waals surface area (Å²) < 4.78 is 4.67. The summed E-state index contributed by atoms with van der Waals surface area (Å²) in [6.45, 7) is 1.99. The predicted octanol–water partition coefficient (Wildman–Crippen LogP) is 2.01. The molecule has 2 unspecified atom stereocenters. The Morgan fingerprint density at radius 2 is 2.44 bits per heavy atom. The van der Waals surface area contributed by atoms with Crippen molar-refractivity contribution in [2.45, 2.75) is 25.4 Å². The lowest BCUT2D eigenvalue weighted by atomic mass is 10.1. The molecule has 0 amide bonds. The average Bonchev–Trinajstić information content (AvgIpc) is 2.51.